The number of nitrogen functional groups attached to an aromatic ring is 1. The maximum absolute atomic E-state index is 11.0. The summed E-state index contributed by atoms with van der Waals surface area (Å²) in [5, 5.41) is 11.0. The van der Waals surface area contributed by atoms with Crippen molar-refractivity contribution in [3.8, 4) is 5.75 Å². The summed E-state index contributed by atoms with van der Waals surface area (Å²) >= 11 is 3.25. The van der Waals surface area contributed by atoms with E-state index in [1.54, 1.807) is 6.07 Å². The van der Waals surface area contributed by atoms with Crippen LogP contribution in [0.1, 0.15) is 11.1 Å². The molecule has 0 saturated heterocycles. The van der Waals surface area contributed by atoms with Crippen LogP contribution < -0.4 is 10.5 Å². The van der Waals surface area contributed by atoms with Crippen LogP contribution in [0, 0.1) is 10.1 Å². The highest BCUT2D eigenvalue weighted by atomic mass is 79.9. The van der Waals surface area contributed by atoms with E-state index in [2.05, 4.69) is 28.1 Å². The molecule has 21 heavy (non-hydrogen) atoms. The summed E-state index contributed by atoms with van der Waals surface area (Å²) in [5.41, 5.74) is 8.28. The van der Waals surface area contributed by atoms with E-state index in [9.17, 15) is 10.1 Å². The van der Waals surface area contributed by atoms with Crippen LogP contribution in [0.5, 0.6) is 5.75 Å². The highest BCUT2D eigenvalue weighted by Gasteiger charge is 2.25. The number of nitro groups is 1. The summed E-state index contributed by atoms with van der Waals surface area (Å²) in [7, 11) is 0. The number of nitrogens with zero attached hydrogens (tertiary/aromatic N) is 1. The molecule has 0 fully saturated rings. The lowest BCUT2D eigenvalue weighted by atomic mass is 10.1. The van der Waals surface area contributed by atoms with Gasteiger partial charge in [0, 0.05) is 23.4 Å². The predicted octanol–water partition coefficient (Wildman–Crippen LogP) is 3.49. The van der Waals surface area contributed by atoms with Gasteiger partial charge in [-0.3, -0.25) is 10.1 Å². The van der Waals surface area contributed by atoms with Gasteiger partial charge < -0.3 is 10.5 Å². The molecule has 108 valence electrons. The maximum atomic E-state index is 11.0. The third kappa shape index (κ3) is 2.71. The standard InChI is InChI=1S/C15H13BrN2O3/c16-11-7-13(18(19)20)15(17)14(8-11)21-12-5-9-3-1-2-4-10(9)6-12/h1-4,7-8,12H,5-6,17H2. The van der Waals surface area contributed by atoms with Crippen molar-refractivity contribution in [3.63, 3.8) is 0 Å². The monoisotopic (exact) mass is 348 g/mol. The summed E-state index contributed by atoms with van der Waals surface area (Å²) in [6, 6.07) is 11.2. The van der Waals surface area contributed by atoms with Crippen molar-refractivity contribution in [1.29, 1.82) is 0 Å². The van der Waals surface area contributed by atoms with E-state index in [1.807, 2.05) is 12.1 Å². The molecule has 0 unspecified atom stereocenters. The normalized spacial score (nSPS) is 14.0. The van der Waals surface area contributed by atoms with E-state index in [0.29, 0.717) is 10.2 Å². The van der Waals surface area contributed by atoms with Crippen LogP contribution in [0.15, 0.2) is 40.9 Å². The second kappa shape index (κ2) is 5.37. The van der Waals surface area contributed by atoms with Gasteiger partial charge in [0.25, 0.3) is 5.69 Å². The van der Waals surface area contributed by atoms with Gasteiger partial charge in [0.2, 0.25) is 0 Å². The van der Waals surface area contributed by atoms with Crippen molar-refractivity contribution in [2.24, 2.45) is 0 Å². The van der Waals surface area contributed by atoms with Gasteiger partial charge in [-0.2, -0.15) is 0 Å². The second-order valence-corrected chi connectivity index (χ2v) is 5.93. The molecule has 0 heterocycles. The number of fused-ring (bicyclic) bond motifs is 1. The highest BCUT2D eigenvalue weighted by molar-refractivity contribution is 9.10. The second-order valence-electron chi connectivity index (χ2n) is 5.01. The molecule has 0 amide bonds. The Kier molecular flexibility index (Phi) is 3.55. The van der Waals surface area contributed by atoms with Crippen LogP contribution in [0.4, 0.5) is 11.4 Å². The number of hydrogen-bond acceptors (Lipinski definition) is 4. The van der Waals surface area contributed by atoms with Gasteiger partial charge in [0.15, 0.2) is 11.4 Å². The molecule has 0 bridgehead atoms. The van der Waals surface area contributed by atoms with Gasteiger partial charge in [-0.25, -0.2) is 0 Å². The van der Waals surface area contributed by atoms with Gasteiger partial charge in [-0.1, -0.05) is 40.2 Å². The highest BCUT2D eigenvalue weighted by Crippen LogP contribution is 2.37. The molecule has 0 atom stereocenters. The first-order valence-corrected chi connectivity index (χ1v) is 7.30. The number of nitrogens with two attached hydrogens (primary N) is 1. The van der Waals surface area contributed by atoms with E-state index >= 15 is 0 Å². The number of ether oxygens (including phenoxy) is 1. The lowest BCUT2D eigenvalue weighted by Crippen LogP contribution is -2.17. The minimum absolute atomic E-state index is 0.0430. The van der Waals surface area contributed by atoms with Gasteiger partial charge in [0.05, 0.1) is 4.92 Å². The van der Waals surface area contributed by atoms with Crippen molar-refractivity contribution in [2.75, 3.05) is 5.73 Å². The van der Waals surface area contributed by atoms with E-state index in [-0.39, 0.29) is 17.5 Å². The van der Waals surface area contributed by atoms with Gasteiger partial charge >= 0.3 is 0 Å². The summed E-state index contributed by atoms with van der Waals surface area (Å²) in [5.74, 6) is 0.355. The Morgan fingerprint density at radius 3 is 2.43 bits per heavy atom. The Hall–Kier alpha value is -2.08. The number of nitro benzene ring substituents is 1. The lowest BCUT2D eigenvalue weighted by Gasteiger charge is -2.15. The van der Waals surface area contributed by atoms with Crippen molar-refractivity contribution >= 4 is 27.3 Å². The summed E-state index contributed by atoms with van der Waals surface area (Å²) < 4.78 is 6.48. The molecule has 3 rings (SSSR count). The Balaban J connectivity index is 1.85. The number of hydrogen-bond donors (Lipinski definition) is 1. The molecular weight excluding hydrogens is 336 g/mol. The molecule has 6 heteroatoms. The first-order chi connectivity index (χ1) is 10.0. The van der Waals surface area contributed by atoms with Crippen LogP contribution in [0.2, 0.25) is 0 Å². The quantitative estimate of drug-likeness (QED) is 0.523. The molecule has 2 aromatic carbocycles. The SMILES string of the molecule is Nc1c(OC2Cc3ccccc3C2)cc(Br)cc1[N+](=O)[O-]. The summed E-state index contributed by atoms with van der Waals surface area (Å²) in [6.45, 7) is 0. The smallest absolute Gasteiger partial charge is 0.297 e. The van der Waals surface area contributed by atoms with Crippen molar-refractivity contribution in [2.45, 2.75) is 18.9 Å². The molecule has 2 N–H and O–H groups in total. The predicted molar refractivity (Wildman–Crippen MR) is 83.5 cm³/mol. The molecule has 1 aliphatic rings. The average Bonchev–Trinajstić information content (AvgIpc) is 2.84. The van der Waals surface area contributed by atoms with Crippen LogP contribution in [0.3, 0.4) is 0 Å². The third-order valence-electron chi connectivity index (χ3n) is 3.59. The molecule has 1 aliphatic carbocycles. The van der Waals surface area contributed by atoms with E-state index in [4.69, 9.17) is 10.5 Å². The van der Waals surface area contributed by atoms with Gasteiger partial charge in [-0.15, -0.1) is 0 Å². The van der Waals surface area contributed by atoms with Crippen molar-refractivity contribution < 1.29 is 9.66 Å². The van der Waals surface area contributed by atoms with Crippen molar-refractivity contribution in [1.82, 2.24) is 0 Å². The third-order valence-corrected chi connectivity index (χ3v) is 4.05. The molecule has 5 nitrogen and oxygen atoms in total. The Bertz CT molecular complexity index is 693. The Morgan fingerprint density at radius 2 is 1.86 bits per heavy atom. The molecular formula is C15H13BrN2O3. The molecule has 0 saturated carbocycles. The number of halogens is 1. The van der Waals surface area contributed by atoms with Gasteiger partial charge in [0.1, 0.15) is 6.10 Å². The molecule has 2 aromatic rings. The topological polar surface area (TPSA) is 78.4 Å². The minimum atomic E-state index is -0.504. The minimum Gasteiger partial charge on any atom is -0.487 e. The zero-order chi connectivity index (χ0) is 15.0. The Labute approximate surface area is 130 Å². The molecule has 0 aromatic heterocycles. The number of rotatable bonds is 3. The zero-order valence-corrected chi connectivity index (χ0v) is 12.7. The average molecular weight is 349 g/mol. The number of anilines is 1. The van der Waals surface area contributed by atoms with E-state index in [0.717, 1.165) is 12.8 Å². The molecule has 0 aliphatic heterocycles. The van der Waals surface area contributed by atoms with Crippen LogP contribution in [-0.2, 0) is 12.8 Å². The fraction of sp³-hybridized carbons (Fsp3) is 0.200. The largest absolute Gasteiger partial charge is 0.487 e. The Morgan fingerprint density at radius 1 is 1.24 bits per heavy atom. The van der Waals surface area contributed by atoms with Crippen LogP contribution in [-0.4, -0.2) is 11.0 Å². The maximum Gasteiger partial charge on any atom is 0.297 e. The first-order valence-electron chi connectivity index (χ1n) is 6.51. The van der Waals surface area contributed by atoms with Crippen LogP contribution in [0.25, 0.3) is 0 Å². The molecule has 0 spiro atoms. The summed E-state index contributed by atoms with van der Waals surface area (Å²) in [4.78, 5) is 10.5. The summed E-state index contributed by atoms with van der Waals surface area (Å²) in [6.07, 6.45) is 1.53. The van der Waals surface area contributed by atoms with Crippen LogP contribution >= 0.6 is 15.9 Å². The molecule has 0 radical (unpaired) electrons. The fourth-order valence-corrected chi connectivity index (χ4v) is 3.03. The lowest BCUT2D eigenvalue weighted by molar-refractivity contribution is -0.384. The zero-order valence-electron chi connectivity index (χ0n) is 11.1. The number of benzene rings is 2. The van der Waals surface area contributed by atoms with E-state index < -0.39 is 4.92 Å². The van der Waals surface area contributed by atoms with E-state index in [1.165, 1.54) is 17.2 Å². The fourth-order valence-electron chi connectivity index (χ4n) is 2.61. The first kappa shape index (κ1) is 13.9. The van der Waals surface area contributed by atoms with Crippen molar-refractivity contribution in [3.05, 3.63) is 62.1 Å². The van der Waals surface area contributed by atoms with Gasteiger partial charge in [-0.05, 0) is 17.2 Å².